The van der Waals surface area contributed by atoms with Gasteiger partial charge in [0.2, 0.25) is 5.95 Å². The van der Waals surface area contributed by atoms with E-state index in [-0.39, 0.29) is 11.4 Å². The van der Waals surface area contributed by atoms with Crippen molar-refractivity contribution >= 4 is 22.7 Å². The zero-order valence-electron chi connectivity index (χ0n) is 13.2. The molecule has 3 rings (SSSR count). The van der Waals surface area contributed by atoms with Crippen molar-refractivity contribution in [3.05, 3.63) is 57.8 Å². The van der Waals surface area contributed by atoms with Gasteiger partial charge in [-0.2, -0.15) is 4.98 Å². The van der Waals surface area contributed by atoms with E-state index >= 15 is 0 Å². The van der Waals surface area contributed by atoms with E-state index in [0.29, 0.717) is 29.4 Å². The topological polar surface area (TPSA) is 59.8 Å². The first-order chi connectivity index (χ1) is 11.0. The van der Waals surface area contributed by atoms with Crippen LogP contribution in [-0.4, -0.2) is 14.5 Å². The molecular formula is C17H17FN4O. The second kappa shape index (κ2) is 5.79. The summed E-state index contributed by atoms with van der Waals surface area (Å²) in [7, 11) is 0. The number of aromatic nitrogens is 3. The zero-order valence-corrected chi connectivity index (χ0v) is 13.2. The van der Waals surface area contributed by atoms with Gasteiger partial charge in [-0.1, -0.05) is 0 Å². The Bertz CT molecular complexity index is 932. The van der Waals surface area contributed by atoms with E-state index in [1.807, 2.05) is 19.9 Å². The molecule has 0 aliphatic carbocycles. The van der Waals surface area contributed by atoms with Crippen LogP contribution in [0, 0.1) is 19.7 Å². The van der Waals surface area contributed by atoms with E-state index in [1.54, 1.807) is 23.6 Å². The largest absolute Gasteiger partial charge is 0.324 e. The summed E-state index contributed by atoms with van der Waals surface area (Å²) in [4.78, 5) is 21.2. The van der Waals surface area contributed by atoms with E-state index in [4.69, 9.17) is 0 Å². The Balaban J connectivity index is 2.14. The van der Waals surface area contributed by atoms with Crippen molar-refractivity contribution in [1.82, 2.24) is 14.5 Å². The minimum atomic E-state index is -0.304. The van der Waals surface area contributed by atoms with Gasteiger partial charge in [0.15, 0.2) is 0 Å². The van der Waals surface area contributed by atoms with Crippen molar-refractivity contribution in [3.8, 4) is 0 Å². The van der Waals surface area contributed by atoms with Gasteiger partial charge in [0.25, 0.3) is 5.56 Å². The molecule has 0 amide bonds. The molecule has 2 heterocycles. The van der Waals surface area contributed by atoms with Gasteiger partial charge >= 0.3 is 0 Å². The molecule has 0 bridgehead atoms. The van der Waals surface area contributed by atoms with Crippen molar-refractivity contribution in [2.75, 3.05) is 5.32 Å². The number of nitrogens with one attached hydrogen (secondary N) is 1. The maximum Gasteiger partial charge on any atom is 0.255 e. The number of pyridine rings is 1. The molecule has 5 nitrogen and oxygen atoms in total. The number of anilines is 2. The molecule has 23 heavy (non-hydrogen) atoms. The molecule has 0 aliphatic heterocycles. The van der Waals surface area contributed by atoms with E-state index < -0.39 is 0 Å². The van der Waals surface area contributed by atoms with Gasteiger partial charge in [0, 0.05) is 23.2 Å². The van der Waals surface area contributed by atoms with Crippen LogP contribution in [0.2, 0.25) is 0 Å². The second-order valence-electron chi connectivity index (χ2n) is 5.38. The lowest BCUT2D eigenvalue weighted by Crippen LogP contribution is -2.23. The second-order valence-corrected chi connectivity index (χ2v) is 5.38. The summed E-state index contributed by atoms with van der Waals surface area (Å²) in [5.41, 5.74) is 2.68. The standard InChI is InChI=1S/C17H17FN4O/c1-4-22-15-14(9-10(2)16(22)23)11(3)19-17(21-15)20-13-7-5-12(18)6-8-13/h5-9H,4H2,1-3H3,(H,19,20,21). The summed E-state index contributed by atoms with van der Waals surface area (Å²) < 4.78 is 14.6. The number of hydrogen-bond acceptors (Lipinski definition) is 4. The third-order valence-electron chi connectivity index (χ3n) is 3.73. The van der Waals surface area contributed by atoms with Crippen LogP contribution in [-0.2, 0) is 6.54 Å². The number of aryl methyl sites for hydroxylation is 3. The first-order valence-corrected chi connectivity index (χ1v) is 7.41. The predicted octanol–water partition coefficient (Wildman–Crippen LogP) is 3.31. The fraction of sp³-hybridized carbons (Fsp3) is 0.235. The van der Waals surface area contributed by atoms with Crippen LogP contribution in [0.15, 0.2) is 35.1 Å². The number of hydrogen-bond donors (Lipinski definition) is 1. The third kappa shape index (κ3) is 2.79. The molecule has 0 atom stereocenters. The van der Waals surface area contributed by atoms with Crippen LogP contribution in [0.4, 0.5) is 16.0 Å². The molecule has 2 aromatic heterocycles. The van der Waals surface area contributed by atoms with Crippen molar-refractivity contribution in [1.29, 1.82) is 0 Å². The number of halogens is 1. The lowest BCUT2D eigenvalue weighted by Gasteiger charge is -2.12. The first kappa shape index (κ1) is 15.1. The molecule has 118 valence electrons. The summed E-state index contributed by atoms with van der Waals surface area (Å²) in [6.45, 7) is 6.11. The molecule has 6 heteroatoms. The van der Waals surface area contributed by atoms with Crippen LogP contribution in [0.3, 0.4) is 0 Å². The van der Waals surface area contributed by atoms with Gasteiger partial charge in [0.1, 0.15) is 11.5 Å². The van der Waals surface area contributed by atoms with Gasteiger partial charge in [-0.3, -0.25) is 9.36 Å². The molecule has 0 unspecified atom stereocenters. The Kier molecular flexibility index (Phi) is 3.82. The number of fused-ring (bicyclic) bond motifs is 1. The van der Waals surface area contributed by atoms with Crippen LogP contribution >= 0.6 is 0 Å². The number of benzene rings is 1. The number of rotatable bonds is 3. The summed E-state index contributed by atoms with van der Waals surface area (Å²) in [6.07, 6.45) is 0. The molecule has 0 spiro atoms. The van der Waals surface area contributed by atoms with E-state index in [0.717, 1.165) is 11.1 Å². The quantitative estimate of drug-likeness (QED) is 0.806. The fourth-order valence-electron chi connectivity index (χ4n) is 2.54. The first-order valence-electron chi connectivity index (χ1n) is 7.41. The highest BCUT2D eigenvalue weighted by atomic mass is 19.1. The molecule has 3 aromatic rings. The van der Waals surface area contributed by atoms with Crippen LogP contribution in [0.5, 0.6) is 0 Å². The van der Waals surface area contributed by atoms with Gasteiger partial charge in [-0.05, 0) is 51.1 Å². The van der Waals surface area contributed by atoms with Gasteiger partial charge in [-0.25, -0.2) is 9.37 Å². The summed E-state index contributed by atoms with van der Waals surface area (Å²) in [5.74, 6) is 0.0773. The van der Waals surface area contributed by atoms with Crippen molar-refractivity contribution in [3.63, 3.8) is 0 Å². The van der Waals surface area contributed by atoms with Crippen molar-refractivity contribution in [2.45, 2.75) is 27.3 Å². The highest BCUT2D eigenvalue weighted by Crippen LogP contribution is 2.20. The predicted molar refractivity (Wildman–Crippen MR) is 88.6 cm³/mol. The van der Waals surface area contributed by atoms with Crippen LogP contribution < -0.4 is 10.9 Å². The lowest BCUT2D eigenvalue weighted by atomic mass is 10.2. The Labute approximate surface area is 132 Å². The molecule has 1 N–H and O–H groups in total. The van der Waals surface area contributed by atoms with Gasteiger partial charge in [-0.15, -0.1) is 0 Å². The monoisotopic (exact) mass is 312 g/mol. The Hall–Kier alpha value is -2.76. The summed E-state index contributed by atoms with van der Waals surface area (Å²) >= 11 is 0. The summed E-state index contributed by atoms with van der Waals surface area (Å²) in [6, 6.07) is 7.77. The van der Waals surface area contributed by atoms with Gasteiger partial charge < -0.3 is 5.32 Å². The highest BCUT2D eigenvalue weighted by molar-refractivity contribution is 5.79. The average Bonchev–Trinajstić information content (AvgIpc) is 2.52. The van der Waals surface area contributed by atoms with Crippen LogP contribution in [0.1, 0.15) is 18.2 Å². The highest BCUT2D eigenvalue weighted by Gasteiger charge is 2.11. The fourth-order valence-corrected chi connectivity index (χ4v) is 2.54. The molecule has 1 aromatic carbocycles. The molecule has 0 saturated carbocycles. The molecule has 0 fully saturated rings. The van der Waals surface area contributed by atoms with E-state index in [1.165, 1.54) is 12.1 Å². The maximum absolute atomic E-state index is 13.0. The minimum absolute atomic E-state index is 0.0502. The SMILES string of the molecule is CCn1c(=O)c(C)cc2c(C)nc(Nc3ccc(F)cc3)nc21. The molecular weight excluding hydrogens is 295 g/mol. The average molecular weight is 312 g/mol. The Morgan fingerprint density at radius 3 is 2.52 bits per heavy atom. The molecule has 0 saturated heterocycles. The minimum Gasteiger partial charge on any atom is -0.324 e. The third-order valence-corrected chi connectivity index (χ3v) is 3.73. The number of nitrogens with zero attached hydrogens (tertiary/aromatic N) is 3. The van der Waals surface area contributed by atoms with E-state index in [9.17, 15) is 9.18 Å². The van der Waals surface area contributed by atoms with Crippen molar-refractivity contribution < 1.29 is 4.39 Å². The van der Waals surface area contributed by atoms with Gasteiger partial charge in [0.05, 0.1) is 5.69 Å². The zero-order chi connectivity index (χ0) is 16.6. The Morgan fingerprint density at radius 1 is 1.17 bits per heavy atom. The summed E-state index contributed by atoms with van der Waals surface area (Å²) in [5, 5.41) is 3.90. The lowest BCUT2D eigenvalue weighted by molar-refractivity contribution is 0.628. The smallest absolute Gasteiger partial charge is 0.255 e. The van der Waals surface area contributed by atoms with E-state index in [2.05, 4.69) is 15.3 Å². The van der Waals surface area contributed by atoms with Crippen LogP contribution in [0.25, 0.3) is 11.0 Å². The Morgan fingerprint density at radius 2 is 1.87 bits per heavy atom. The van der Waals surface area contributed by atoms with Crippen molar-refractivity contribution in [2.24, 2.45) is 0 Å². The maximum atomic E-state index is 13.0. The molecule has 0 aliphatic rings. The normalized spacial score (nSPS) is 11.0. The molecule has 0 radical (unpaired) electrons.